The van der Waals surface area contributed by atoms with Crippen molar-refractivity contribution in [2.45, 2.75) is 56.1 Å². The predicted molar refractivity (Wildman–Crippen MR) is 95.1 cm³/mol. The Morgan fingerprint density at radius 3 is 2.52 bits per heavy atom. The lowest BCUT2D eigenvalue weighted by Crippen LogP contribution is -2.43. The Morgan fingerprint density at radius 1 is 1.24 bits per heavy atom. The number of rotatable bonds is 4. The summed E-state index contributed by atoms with van der Waals surface area (Å²) in [7, 11) is -4.16. The molecule has 2 atom stereocenters. The first kappa shape index (κ1) is 18.1. The van der Waals surface area contributed by atoms with Crippen LogP contribution in [0.4, 0.5) is 11.4 Å². The molecule has 9 heteroatoms. The van der Waals surface area contributed by atoms with E-state index in [1.807, 2.05) is 4.90 Å². The molecule has 2 unspecified atom stereocenters. The van der Waals surface area contributed by atoms with Crippen molar-refractivity contribution < 1.29 is 13.3 Å². The van der Waals surface area contributed by atoms with Crippen LogP contribution in [0.15, 0.2) is 23.1 Å². The van der Waals surface area contributed by atoms with Gasteiger partial charge in [0, 0.05) is 31.2 Å². The number of hydrogen-bond acceptors (Lipinski definition) is 6. The van der Waals surface area contributed by atoms with Crippen LogP contribution in [0.2, 0.25) is 0 Å². The molecular formula is C16H24N4O4S. The number of nitrogens with zero attached hydrogens (tertiary/aromatic N) is 3. The highest BCUT2D eigenvalue weighted by atomic mass is 32.2. The van der Waals surface area contributed by atoms with Crippen LogP contribution in [0.3, 0.4) is 0 Å². The van der Waals surface area contributed by atoms with E-state index in [0.717, 1.165) is 19.3 Å². The van der Waals surface area contributed by atoms with Crippen LogP contribution in [-0.4, -0.2) is 49.5 Å². The number of nitro benzene ring substituents is 1. The van der Waals surface area contributed by atoms with Gasteiger partial charge in [-0.2, -0.15) is 0 Å². The van der Waals surface area contributed by atoms with E-state index in [1.165, 1.54) is 12.1 Å². The largest absolute Gasteiger partial charge is 0.364 e. The molecule has 2 saturated heterocycles. The van der Waals surface area contributed by atoms with Crippen molar-refractivity contribution in [2.24, 2.45) is 5.14 Å². The van der Waals surface area contributed by atoms with Gasteiger partial charge < -0.3 is 4.90 Å². The van der Waals surface area contributed by atoms with Crippen molar-refractivity contribution >= 4 is 21.4 Å². The van der Waals surface area contributed by atoms with Crippen molar-refractivity contribution in [3.63, 3.8) is 0 Å². The summed E-state index contributed by atoms with van der Waals surface area (Å²) in [4.78, 5) is 15.0. The lowest BCUT2D eigenvalue weighted by atomic mass is 10.1. The Kier molecular flexibility index (Phi) is 4.74. The zero-order valence-corrected chi connectivity index (χ0v) is 15.3. The number of hydrogen-bond donors (Lipinski definition) is 1. The van der Waals surface area contributed by atoms with Gasteiger partial charge in [0.25, 0.3) is 0 Å². The van der Waals surface area contributed by atoms with Gasteiger partial charge in [0.05, 0.1) is 4.92 Å². The highest BCUT2D eigenvalue weighted by molar-refractivity contribution is 7.89. The summed E-state index contributed by atoms with van der Waals surface area (Å²) in [6.07, 6.45) is 3.11. The number of anilines is 1. The molecule has 2 bridgehead atoms. The van der Waals surface area contributed by atoms with E-state index in [4.69, 9.17) is 5.14 Å². The van der Waals surface area contributed by atoms with Gasteiger partial charge in [-0.15, -0.1) is 0 Å². The molecule has 0 saturated carbocycles. The number of sulfonamides is 1. The maximum atomic E-state index is 11.8. The Balaban J connectivity index is 2.02. The first-order valence-corrected chi connectivity index (χ1v) is 10.1. The van der Waals surface area contributed by atoms with Gasteiger partial charge in [0.1, 0.15) is 5.69 Å². The Hall–Kier alpha value is -1.71. The topological polar surface area (TPSA) is 110 Å². The van der Waals surface area contributed by atoms with E-state index < -0.39 is 25.5 Å². The second-order valence-corrected chi connectivity index (χ2v) is 8.62. The number of para-hydroxylation sites is 1. The third-order valence-electron chi connectivity index (χ3n) is 5.24. The van der Waals surface area contributed by atoms with E-state index in [9.17, 15) is 18.5 Å². The van der Waals surface area contributed by atoms with Crippen LogP contribution in [0.5, 0.6) is 0 Å². The molecule has 2 heterocycles. The van der Waals surface area contributed by atoms with Gasteiger partial charge in [-0.05, 0) is 45.2 Å². The van der Waals surface area contributed by atoms with Gasteiger partial charge in [0.15, 0.2) is 4.90 Å². The molecule has 3 rings (SSSR count). The molecule has 25 heavy (non-hydrogen) atoms. The van der Waals surface area contributed by atoms with Crippen LogP contribution in [0.1, 0.15) is 33.1 Å². The highest BCUT2D eigenvalue weighted by Crippen LogP contribution is 2.38. The number of fused-ring (bicyclic) bond motifs is 2. The van der Waals surface area contributed by atoms with Crippen LogP contribution in [-0.2, 0) is 10.0 Å². The third-order valence-corrected chi connectivity index (χ3v) is 6.19. The monoisotopic (exact) mass is 368 g/mol. The number of nitrogens with two attached hydrogens (primary N) is 1. The minimum atomic E-state index is -4.16. The van der Waals surface area contributed by atoms with Crippen molar-refractivity contribution in [1.82, 2.24) is 4.90 Å². The number of primary sulfonamides is 1. The lowest BCUT2D eigenvalue weighted by Gasteiger charge is -2.32. The molecule has 0 aromatic heterocycles. The first-order valence-electron chi connectivity index (χ1n) is 8.52. The average molecular weight is 368 g/mol. The van der Waals surface area contributed by atoms with E-state index >= 15 is 0 Å². The van der Waals surface area contributed by atoms with Crippen molar-refractivity contribution in [3.8, 4) is 0 Å². The zero-order chi connectivity index (χ0) is 18.4. The molecule has 2 N–H and O–H groups in total. The Morgan fingerprint density at radius 2 is 1.92 bits per heavy atom. The standard InChI is InChI=1S/C16H24N4O4S/c1-11(2)19-12-6-7-13(19)10-18(9-8-12)14-4-3-5-15(25(17,23)24)16(14)20(21)22/h3-5,11-13H,6-10H2,1-2H3,(H2,17,23,24). The molecular weight excluding hydrogens is 344 g/mol. The zero-order valence-electron chi connectivity index (χ0n) is 14.5. The van der Waals surface area contributed by atoms with Gasteiger partial charge in [-0.3, -0.25) is 15.0 Å². The van der Waals surface area contributed by atoms with E-state index in [2.05, 4.69) is 18.7 Å². The molecule has 2 aliphatic heterocycles. The van der Waals surface area contributed by atoms with Gasteiger partial charge >= 0.3 is 5.69 Å². The normalized spacial score (nSPS) is 24.6. The molecule has 0 amide bonds. The van der Waals surface area contributed by atoms with Crippen LogP contribution in [0.25, 0.3) is 0 Å². The van der Waals surface area contributed by atoms with Crippen molar-refractivity contribution in [1.29, 1.82) is 0 Å². The third kappa shape index (κ3) is 3.36. The minimum Gasteiger partial charge on any atom is -0.364 e. The molecule has 0 radical (unpaired) electrons. The van der Waals surface area contributed by atoms with E-state index in [-0.39, 0.29) is 0 Å². The Labute approximate surface area is 147 Å². The Bertz CT molecular complexity index is 780. The van der Waals surface area contributed by atoms with Crippen LogP contribution >= 0.6 is 0 Å². The molecule has 1 aromatic carbocycles. The summed E-state index contributed by atoms with van der Waals surface area (Å²) in [5.41, 5.74) is -0.0772. The maximum absolute atomic E-state index is 11.8. The van der Waals surface area contributed by atoms with Gasteiger partial charge in [-0.1, -0.05) is 6.07 Å². The summed E-state index contributed by atoms with van der Waals surface area (Å²) >= 11 is 0. The summed E-state index contributed by atoms with van der Waals surface area (Å²) in [5.74, 6) is 0. The molecule has 0 spiro atoms. The smallest absolute Gasteiger partial charge is 0.312 e. The minimum absolute atomic E-state index is 0.324. The molecule has 138 valence electrons. The van der Waals surface area contributed by atoms with E-state index in [1.54, 1.807) is 6.07 Å². The van der Waals surface area contributed by atoms with Gasteiger partial charge in [0.2, 0.25) is 10.0 Å². The van der Waals surface area contributed by atoms with Crippen LogP contribution in [0, 0.1) is 10.1 Å². The quantitative estimate of drug-likeness (QED) is 0.640. The second kappa shape index (κ2) is 6.54. The molecule has 0 aliphatic carbocycles. The number of nitro groups is 1. The summed E-state index contributed by atoms with van der Waals surface area (Å²) < 4.78 is 23.6. The fourth-order valence-electron chi connectivity index (χ4n) is 4.35. The summed E-state index contributed by atoms with van der Waals surface area (Å²) in [6.45, 7) is 5.67. The van der Waals surface area contributed by atoms with Crippen molar-refractivity contribution in [2.75, 3.05) is 18.0 Å². The van der Waals surface area contributed by atoms with Crippen molar-refractivity contribution in [3.05, 3.63) is 28.3 Å². The molecule has 8 nitrogen and oxygen atoms in total. The fraction of sp³-hybridized carbons (Fsp3) is 0.625. The van der Waals surface area contributed by atoms with E-state index in [0.29, 0.717) is 36.9 Å². The maximum Gasteiger partial charge on any atom is 0.312 e. The average Bonchev–Trinajstić information content (AvgIpc) is 2.80. The first-order chi connectivity index (χ1) is 11.7. The highest BCUT2D eigenvalue weighted by Gasteiger charge is 2.40. The fourth-order valence-corrected chi connectivity index (χ4v) is 5.07. The summed E-state index contributed by atoms with van der Waals surface area (Å²) in [5, 5.41) is 16.8. The molecule has 2 fully saturated rings. The molecule has 1 aromatic rings. The van der Waals surface area contributed by atoms with Gasteiger partial charge in [-0.25, -0.2) is 13.6 Å². The van der Waals surface area contributed by atoms with Crippen LogP contribution < -0.4 is 10.0 Å². The predicted octanol–water partition coefficient (Wildman–Crippen LogP) is 1.69. The number of benzene rings is 1. The molecule has 2 aliphatic rings. The SMILES string of the molecule is CC(C)N1C2CCC1CN(c1cccc(S(N)(=O)=O)c1[N+](=O)[O-])CC2. The lowest BCUT2D eigenvalue weighted by molar-refractivity contribution is -0.387. The second-order valence-electron chi connectivity index (χ2n) is 7.09. The summed E-state index contributed by atoms with van der Waals surface area (Å²) in [6, 6.07) is 5.56.